The Hall–Kier alpha value is -0.0900. The van der Waals surface area contributed by atoms with E-state index in [1.54, 1.807) is 6.92 Å². The predicted octanol–water partition coefficient (Wildman–Crippen LogP) is 2.62. The molecule has 104 valence electrons. The average molecular weight is 263 g/mol. The van der Waals surface area contributed by atoms with Gasteiger partial charge in [0, 0.05) is 11.3 Å². The second kappa shape index (κ2) is 7.37. The number of hydrogen-bond donors (Lipinski definition) is 1. The molecule has 3 nitrogen and oxygen atoms in total. The fraction of sp³-hybridized carbons (Fsp3) is 1.00. The summed E-state index contributed by atoms with van der Waals surface area (Å²) >= 11 is 0. The maximum Gasteiger partial charge on any atom is 0.150 e. The molecule has 0 saturated carbocycles. The maximum absolute atomic E-state index is 11.5. The highest BCUT2D eigenvalue weighted by Crippen LogP contribution is 2.13. The first-order chi connectivity index (χ1) is 7.70. The minimum Gasteiger partial charge on any atom is -0.312 e. The van der Waals surface area contributed by atoms with Crippen LogP contribution in [0.25, 0.3) is 0 Å². The largest absolute Gasteiger partial charge is 0.312 e. The first-order valence-electron chi connectivity index (χ1n) is 6.65. The van der Waals surface area contributed by atoms with Gasteiger partial charge in [-0.2, -0.15) is 0 Å². The van der Waals surface area contributed by atoms with E-state index in [-0.39, 0.29) is 11.3 Å². The van der Waals surface area contributed by atoms with Gasteiger partial charge in [0.05, 0.1) is 5.75 Å². The molecule has 1 unspecified atom stereocenters. The summed E-state index contributed by atoms with van der Waals surface area (Å²) in [6, 6.07) is 0. The zero-order valence-corrected chi connectivity index (χ0v) is 12.9. The number of hydrogen-bond acceptors (Lipinski definition) is 3. The molecule has 0 aliphatic carbocycles. The lowest BCUT2D eigenvalue weighted by atomic mass is 9.99. The fourth-order valence-electron chi connectivity index (χ4n) is 1.70. The smallest absolute Gasteiger partial charge is 0.150 e. The van der Waals surface area contributed by atoms with E-state index < -0.39 is 9.84 Å². The summed E-state index contributed by atoms with van der Waals surface area (Å²) < 4.78 is 23.0. The lowest BCUT2D eigenvalue weighted by molar-refractivity contribution is 0.351. The normalized spacial score (nSPS) is 14.9. The van der Waals surface area contributed by atoms with E-state index in [2.05, 4.69) is 33.0 Å². The summed E-state index contributed by atoms with van der Waals surface area (Å²) in [7, 11) is -2.81. The van der Waals surface area contributed by atoms with Crippen LogP contribution in [-0.2, 0) is 9.84 Å². The van der Waals surface area contributed by atoms with Gasteiger partial charge < -0.3 is 5.32 Å². The molecule has 1 atom stereocenters. The maximum atomic E-state index is 11.5. The van der Waals surface area contributed by atoms with Gasteiger partial charge in [-0.1, -0.05) is 20.3 Å². The molecule has 17 heavy (non-hydrogen) atoms. The summed E-state index contributed by atoms with van der Waals surface area (Å²) in [5.74, 6) is 1.07. The molecule has 0 bridgehead atoms. The van der Waals surface area contributed by atoms with Crippen molar-refractivity contribution in [2.45, 2.75) is 59.4 Å². The van der Waals surface area contributed by atoms with Gasteiger partial charge in [-0.15, -0.1) is 0 Å². The molecular weight excluding hydrogens is 234 g/mol. The van der Waals surface area contributed by atoms with Gasteiger partial charge in [0.2, 0.25) is 0 Å². The Balaban J connectivity index is 4.16. The van der Waals surface area contributed by atoms with Gasteiger partial charge in [-0.3, -0.25) is 0 Å². The molecule has 0 aromatic rings. The second-order valence-electron chi connectivity index (χ2n) is 5.81. The minimum atomic E-state index is -2.81. The molecular formula is C13H29NO2S. The van der Waals surface area contributed by atoms with Crippen LogP contribution in [0.15, 0.2) is 0 Å². The number of sulfone groups is 1. The molecule has 0 aliphatic heterocycles. The van der Waals surface area contributed by atoms with Crippen LogP contribution in [0.2, 0.25) is 0 Å². The third-order valence-corrected chi connectivity index (χ3v) is 4.63. The van der Waals surface area contributed by atoms with Crippen molar-refractivity contribution in [2.75, 3.05) is 18.1 Å². The van der Waals surface area contributed by atoms with E-state index >= 15 is 0 Å². The van der Waals surface area contributed by atoms with Gasteiger partial charge in [0.1, 0.15) is 9.84 Å². The van der Waals surface area contributed by atoms with Gasteiger partial charge in [-0.05, 0) is 46.1 Å². The fourth-order valence-corrected chi connectivity index (χ4v) is 2.68. The van der Waals surface area contributed by atoms with E-state index in [0.717, 1.165) is 25.8 Å². The monoisotopic (exact) mass is 263 g/mol. The Morgan fingerprint density at radius 3 is 2.12 bits per heavy atom. The van der Waals surface area contributed by atoms with Crippen LogP contribution in [0.5, 0.6) is 0 Å². The Labute approximate surface area is 107 Å². The molecule has 0 spiro atoms. The van der Waals surface area contributed by atoms with Crippen LogP contribution < -0.4 is 5.32 Å². The number of rotatable bonds is 8. The summed E-state index contributed by atoms with van der Waals surface area (Å²) in [6.45, 7) is 11.2. The Morgan fingerprint density at radius 2 is 1.71 bits per heavy atom. The molecule has 1 N–H and O–H groups in total. The summed E-state index contributed by atoms with van der Waals surface area (Å²) in [5.41, 5.74) is 0.107. The van der Waals surface area contributed by atoms with Gasteiger partial charge in [0.25, 0.3) is 0 Å². The average Bonchev–Trinajstić information content (AvgIpc) is 2.21. The van der Waals surface area contributed by atoms with E-state index in [4.69, 9.17) is 0 Å². The van der Waals surface area contributed by atoms with Crippen molar-refractivity contribution in [3.8, 4) is 0 Å². The van der Waals surface area contributed by atoms with Crippen LogP contribution in [0.4, 0.5) is 0 Å². The molecule has 0 radical (unpaired) electrons. The highest BCUT2D eigenvalue weighted by Gasteiger charge is 2.16. The molecule has 0 aromatic carbocycles. The minimum absolute atomic E-state index is 0.107. The molecule has 0 fully saturated rings. The Morgan fingerprint density at radius 1 is 1.12 bits per heavy atom. The quantitative estimate of drug-likeness (QED) is 0.732. The first kappa shape index (κ1) is 16.9. The molecule has 0 aliphatic rings. The van der Waals surface area contributed by atoms with E-state index in [1.165, 1.54) is 0 Å². The molecule has 0 heterocycles. The molecule has 4 heteroatoms. The SMILES string of the molecule is CCCC(CCS(=O)(=O)CC)CNC(C)(C)C. The molecule has 0 aromatic heterocycles. The van der Waals surface area contributed by atoms with Crippen LogP contribution in [-0.4, -0.2) is 32.0 Å². The summed E-state index contributed by atoms with van der Waals surface area (Å²) in [5, 5.41) is 3.47. The van der Waals surface area contributed by atoms with Crippen molar-refractivity contribution < 1.29 is 8.42 Å². The molecule has 0 rings (SSSR count). The van der Waals surface area contributed by atoms with Crippen molar-refractivity contribution in [3.63, 3.8) is 0 Å². The standard InChI is InChI=1S/C13H29NO2S/c1-6-8-12(11-14-13(3,4)5)9-10-17(15,16)7-2/h12,14H,6-11H2,1-5H3. The topological polar surface area (TPSA) is 46.2 Å². The highest BCUT2D eigenvalue weighted by molar-refractivity contribution is 7.91. The summed E-state index contributed by atoms with van der Waals surface area (Å²) in [4.78, 5) is 0. The summed E-state index contributed by atoms with van der Waals surface area (Å²) in [6.07, 6.45) is 3.00. The molecule has 0 amide bonds. The number of nitrogens with one attached hydrogen (secondary N) is 1. The third kappa shape index (κ3) is 9.60. The van der Waals surface area contributed by atoms with Crippen LogP contribution in [0, 0.1) is 5.92 Å². The first-order valence-corrected chi connectivity index (χ1v) is 8.47. The van der Waals surface area contributed by atoms with E-state index in [0.29, 0.717) is 11.7 Å². The second-order valence-corrected chi connectivity index (χ2v) is 8.28. The van der Waals surface area contributed by atoms with Gasteiger partial charge >= 0.3 is 0 Å². The predicted molar refractivity (Wildman–Crippen MR) is 75.1 cm³/mol. The zero-order chi connectivity index (χ0) is 13.5. The van der Waals surface area contributed by atoms with Crippen molar-refractivity contribution in [3.05, 3.63) is 0 Å². The lowest BCUT2D eigenvalue weighted by Gasteiger charge is -2.25. The van der Waals surface area contributed by atoms with Crippen molar-refractivity contribution in [1.82, 2.24) is 5.32 Å². The van der Waals surface area contributed by atoms with Crippen LogP contribution in [0.3, 0.4) is 0 Å². The Bertz CT molecular complexity index is 291. The van der Waals surface area contributed by atoms with Gasteiger partial charge in [0.15, 0.2) is 0 Å². The highest BCUT2D eigenvalue weighted by atomic mass is 32.2. The van der Waals surface area contributed by atoms with Crippen LogP contribution >= 0.6 is 0 Å². The Kier molecular flexibility index (Phi) is 7.33. The van der Waals surface area contributed by atoms with Crippen molar-refractivity contribution in [1.29, 1.82) is 0 Å². The molecule has 0 saturated heterocycles. The third-order valence-electron chi connectivity index (χ3n) is 2.89. The van der Waals surface area contributed by atoms with Gasteiger partial charge in [-0.25, -0.2) is 8.42 Å². The van der Waals surface area contributed by atoms with Crippen molar-refractivity contribution in [2.24, 2.45) is 5.92 Å². The lowest BCUT2D eigenvalue weighted by Crippen LogP contribution is -2.39. The van der Waals surface area contributed by atoms with E-state index in [9.17, 15) is 8.42 Å². The van der Waals surface area contributed by atoms with E-state index in [1.807, 2.05) is 0 Å². The van der Waals surface area contributed by atoms with Crippen molar-refractivity contribution >= 4 is 9.84 Å². The zero-order valence-electron chi connectivity index (χ0n) is 12.0. The van der Waals surface area contributed by atoms with Crippen LogP contribution in [0.1, 0.15) is 53.9 Å².